The summed E-state index contributed by atoms with van der Waals surface area (Å²) in [6, 6.07) is 0. The van der Waals surface area contributed by atoms with Crippen molar-refractivity contribution in [3.8, 4) is 0 Å². The zero-order chi connectivity index (χ0) is 14.9. The molecule has 0 amide bonds. The van der Waals surface area contributed by atoms with Crippen LogP contribution >= 0.6 is 0 Å². The van der Waals surface area contributed by atoms with E-state index in [-0.39, 0.29) is 0 Å². The summed E-state index contributed by atoms with van der Waals surface area (Å²) < 4.78 is 0. The van der Waals surface area contributed by atoms with Gasteiger partial charge in [0, 0.05) is 0 Å². The van der Waals surface area contributed by atoms with Gasteiger partial charge < -0.3 is 0 Å². The van der Waals surface area contributed by atoms with Crippen LogP contribution in [0.1, 0.15) is 110 Å². The van der Waals surface area contributed by atoms with E-state index in [1.165, 1.54) is 51.4 Å². The monoisotopic (exact) mass is 292 g/mol. The lowest BCUT2D eigenvalue weighted by atomic mass is 9.69. The van der Waals surface area contributed by atoms with E-state index in [0.29, 0.717) is 0 Å². The third kappa shape index (κ3) is 6.33. The molecule has 2 fully saturated rings. The molecule has 0 spiro atoms. The molecule has 2 aliphatic carbocycles. The maximum atomic E-state index is 2.45. The van der Waals surface area contributed by atoms with Gasteiger partial charge in [-0.25, -0.2) is 0 Å². The number of unbranched alkanes of at least 4 members (excludes halogenated alkanes) is 5. The maximum absolute atomic E-state index is 2.45. The summed E-state index contributed by atoms with van der Waals surface area (Å²) in [5.41, 5.74) is 0. The summed E-state index contributed by atoms with van der Waals surface area (Å²) in [5.74, 6) is 4.33. The van der Waals surface area contributed by atoms with E-state index >= 15 is 0 Å². The molecule has 0 heteroatoms. The second kappa shape index (κ2) is 9.90. The minimum absolute atomic E-state index is 1.02. The van der Waals surface area contributed by atoms with Gasteiger partial charge >= 0.3 is 0 Å². The summed E-state index contributed by atoms with van der Waals surface area (Å²) in [4.78, 5) is 0. The fourth-order valence-electron chi connectivity index (χ4n) is 4.92. The van der Waals surface area contributed by atoms with Crippen molar-refractivity contribution in [2.45, 2.75) is 110 Å². The van der Waals surface area contributed by atoms with Crippen LogP contribution in [0.25, 0.3) is 0 Å². The molecule has 0 atom stereocenters. The lowest BCUT2D eigenvalue weighted by molar-refractivity contribution is 0.146. The Labute approximate surface area is 134 Å². The summed E-state index contributed by atoms with van der Waals surface area (Å²) in [5, 5.41) is 0. The average Bonchev–Trinajstić information content (AvgIpc) is 2.52. The highest BCUT2D eigenvalue weighted by Gasteiger charge is 2.29. The maximum Gasteiger partial charge on any atom is -0.0386 e. The summed E-state index contributed by atoms with van der Waals surface area (Å²) in [7, 11) is 0. The lowest BCUT2D eigenvalue weighted by Gasteiger charge is -2.37. The van der Waals surface area contributed by atoms with Crippen molar-refractivity contribution in [3.63, 3.8) is 0 Å². The van der Waals surface area contributed by atoms with E-state index in [2.05, 4.69) is 13.8 Å². The number of hydrogen-bond acceptors (Lipinski definition) is 0. The average molecular weight is 293 g/mol. The summed E-state index contributed by atoms with van der Waals surface area (Å²) in [6.07, 6.45) is 22.7. The molecule has 0 bridgehead atoms. The van der Waals surface area contributed by atoms with E-state index in [9.17, 15) is 0 Å². The van der Waals surface area contributed by atoms with Gasteiger partial charge in [-0.3, -0.25) is 0 Å². The van der Waals surface area contributed by atoms with Crippen LogP contribution in [-0.4, -0.2) is 0 Å². The van der Waals surface area contributed by atoms with Crippen LogP contribution in [0, 0.1) is 23.7 Å². The molecule has 0 nitrogen and oxygen atoms in total. The molecule has 0 aromatic carbocycles. The highest BCUT2D eigenvalue weighted by Crippen LogP contribution is 2.42. The van der Waals surface area contributed by atoms with Crippen molar-refractivity contribution >= 4 is 0 Å². The van der Waals surface area contributed by atoms with E-state index in [0.717, 1.165) is 23.7 Å². The van der Waals surface area contributed by atoms with Crippen molar-refractivity contribution in [1.29, 1.82) is 0 Å². The van der Waals surface area contributed by atoms with Crippen molar-refractivity contribution in [2.75, 3.05) is 0 Å². The molecular weight excluding hydrogens is 252 g/mol. The van der Waals surface area contributed by atoms with Gasteiger partial charge in [-0.15, -0.1) is 0 Å². The normalized spacial score (nSPS) is 34.0. The summed E-state index contributed by atoms with van der Waals surface area (Å²) in [6.45, 7) is 4.76. The molecule has 0 radical (unpaired) electrons. The van der Waals surface area contributed by atoms with Gasteiger partial charge in [0.25, 0.3) is 0 Å². The Hall–Kier alpha value is 0. The van der Waals surface area contributed by atoms with E-state index in [1.807, 2.05) is 0 Å². The minimum atomic E-state index is 1.02. The molecule has 21 heavy (non-hydrogen) atoms. The Morgan fingerprint density at radius 2 is 1.14 bits per heavy atom. The molecule has 0 N–H and O–H groups in total. The topological polar surface area (TPSA) is 0 Å². The predicted octanol–water partition coefficient (Wildman–Crippen LogP) is 7.37. The first kappa shape index (κ1) is 17.4. The molecule has 2 aliphatic rings. The van der Waals surface area contributed by atoms with Gasteiger partial charge in [0.1, 0.15) is 0 Å². The lowest BCUT2D eigenvalue weighted by Crippen LogP contribution is -2.25. The van der Waals surface area contributed by atoms with E-state index < -0.39 is 0 Å². The van der Waals surface area contributed by atoms with Crippen LogP contribution in [0.2, 0.25) is 0 Å². The smallest absolute Gasteiger partial charge is 0.0386 e. The van der Waals surface area contributed by atoms with E-state index in [4.69, 9.17) is 0 Å². The van der Waals surface area contributed by atoms with Gasteiger partial charge in [0.2, 0.25) is 0 Å². The molecule has 124 valence electrons. The molecule has 2 rings (SSSR count). The molecule has 0 heterocycles. The molecule has 0 aliphatic heterocycles. The van der Waals surface area contributed by atoms with Crippen LogP contribution in [0.4, 0.5) is 0 Å². The molecule has 2 saturated carbocycles. The van der Waals surface area contributed by atoms with Crippen molar-refractivity contribution < 1.29 is 0 Å². The highest BCUT2D eigenvalue weighted by atomic mass is 14.3. The van der Waals surface area contributed by atoms with Gasteiger partial charge in [0.15, 0.2) is 0 Å². The second-order valence-corrected chi connectivity index (χ2v) is 8.36. The summed E-state index contributed by atoms with van der Waals surface area (Å²) >= 11 is 0. The highest BCUT2D eigenvalue weighted by molar-refractivity contribution is 4.81. The van der Waals surface area contributed by atoms with Crippen molar-refractivity contribution in [2.24, 2.45) is 23.7 Å². The quantitative estimate of drug-likeness (QED) is 0.410. The first-order valence-electron chi connectivity index (χ1n) is 10.3. The Balaban J connectivity index is 1.52. The molecular formula is C21H40. The van der Waals surface area contributed by atoms with Gasteiger partial charge in [-0.05, 0) is 49.4 Å². The molecule has 0 aromatic heterocycles. The standard InChI is InChI=1S/C21H40/c1-3-4-5-6-7-8-9-19-12-16-21(17-13-19)20-14-10-18(2)11-15-20/h18-21H,3-17H2,1-2H3/t18-,19?,20-,21?. The Bertz CT molecular complexity index is 241. The first-order valence-corrected chi connectivity index (χ1v) is 10.3. The second-order valence-electron chi connectivity index (χ2n) is 8.36. The minimum Gasteiger partial charge on any atom is -0.0654 e. The Morgan fingerprint density at radius 1 is 0.619 bits per heavy atom. The van der Waals surface area contributed by atoms with Gasteiger partial charge in [-0.2, -0.15) is 0 Å². The van der Waals surface area contributed by atoms with Crippen molar-refractivity contribution in [1.82, 2.24) is 0 Å². The zero-order valence-corrected chi connectivity index (χ0v) is 14.9. The first-order chi connectivity index (χ1) is 10.3. The number of hydrogen-bond donors (Lipinski definition) is 0. The molecule has 0 saturated heterocycles. The molecule has 0 aromatic rings. The predicted molar refractivity (Wildman–Crippen MR) is 94.6 cm³/mol. The van der Waals surface area contributed by atoms with Crippen LogP contribution in [0.15, 0.2) is 0 Å². The third-order valence-corrected chi connectivity index (χ3v) is 6.58. The molecule has 0 unspecified atom stereocenters. The fourth-order valence-corrected chi connectivity index (χ4v) is 4.92. The largest absolute Gasteiger partial charge is 0.0654 e. The number of rotatable bonds is 8. The fraction of sp³-hybridized carbons (Fsp3) is 1.00. The van der Waals surface area contributed by atoms with Gasteiger partial charge in [-0.1, -0.05) is 84.5 Å². The Morgan fingerprint density at radius 3 is 1.76 bits per heavy atom. The van der Waals surface area contributed by atoms with Crippen molar-refractivity contribution in [3.05, 3.63) is 0 Å². The van der Waals surface area contributed by atoms with Crippen LogP contribution < -0.4 is 0 Å². The third-order valence-electron chi connectivity index (χ3n) is 6.58. The van der Waals surface area contributed by atoms with Crippen LogP contribution in [0.3, 0.4) is 0 Å². The van der Waals surface area contributed by atoms with Crippen LogP contribution in [-0.2, 0) is 0 Å². The van der Waals surface area contributed by atoms with Gasteiger partial charge in [0.05, 0.1) is 0 Å². The van der Waals surface area contributed by atoms with E-state index in [1.54, 1.807) is 44.9 Å². The zero-order valence-electron chi connectivity index (χ0n) is 14.9. The van der Waals surface area contributed by atoms with Crippen LogP contribution in [0.5, 0.6) is 0 Å². The Kier molecular flexibility index (Phi) is 8.19. The SMILES string of the molecule is CCCCCCCCC1CCC([C@H]2CC[C@H](C)CC2)CC1.